The molecule has 1 heterocycles. The molecule has 1 fully saturated rings. The van der Waals surface area contributed by atoms with Crippen LogP contribution in [-0.2, 0) is 0 Å². The lowest BCUT2D eigenvalue weighted by molar-refractivity contribution is 0.218. The van der Waals surface area contributed by atoms with Crippen molar-refractivity contribution in [2.45, 2.75) is 0 Å². The average molecular weight is 258 g/mol. The summed E-state index contributed by atoms with van der Waals surface area (Å²) in [5.41, 5.74) is 0. The van der Waals surface area contributed by atoms with Crippen LogP contribution in [0.3, 0.4) is 0 Å². The van der Waals surface area contributed by atoms with Gasteiger partial charge in [-0.15, -0.1) is 0 Å². The van der Waals surface area contributed by atoms with E-state index in [0.29, 0.717) is 0 Å². The van der Waals surface area contributed by atoms with Crippen LogP contribution in [0.1, 0.15) is 0 Å². The Balaban J connectivity index is 0.000000397. The maximum Gasteiger partial charge on any atom is 0.361 e. The van der Waals surface area contributed by atoms with Crippen LogP contribution in [0, 0.1) is 0 Å². The van der Waals surface area contributed by atoms with E-state index in [1.54, 1.807) is 0 Å². The van der Waals surface area contributed by atoms with Gasteiger partial charge in [-0.05, 0) is 0 Å². The van der Waals surface area contributed by atoms with E-state index in [1.807, 2.05) is 0 Å². The molecular weight excluding hydrogens is 236 g/mol. The molecule has 0 atom stereocenters. The summed E-state index contributed by atoms with van der Waals surface area (Å²) in [7, 11) is 6.12. The molecule has 0 spiro atoms. The quantitative estimate of drug-likeness (QED) is 0.598. The third-order valence-corrected chi connectivity index (χ3v) is 1.94. The molecule has 4 amide bonds. The first kappa shape index (κ1) is 16.5. The lowest BCUT2D eigenvalue weighted by Gasteiger charge is -2.11. The highest BCUT2D eigenvalue weighted by atomic mass is 16.2. The van der Waals surface area contributed by atoms with E-state index >= 15 is 0 Å². The average Bonchev–Trinajstić information content (AvgIpc) is 2.38. The van der Waals surface area contributed by atoms with Crippen molar-refractivity contribution in [1.82, 2.24) is 20.4 Å². The largest absolute Gasteiger partial charge is 0.361 e. The number of hydrogen-bond donors (Lipinski definition) is 2. The van der Waals surface area contributed by atoms with E-state index in [2.05, 4.69) is 20.9 Å². The Kier molecular flexibility index (Phi) is 8.67. The minimum absolute atomic E-state index is 0.551. The van der Waals surface area contributed by atoms with Crippen molar-refractivity contribution in [3.63, 3.8) is 0 Å². The molecular formula is C10H22N6O2. The van der Waals surface area contributed by atoms with Gasteiger partial charge in [0.05, 0.1) is 0 Å². The zero-order valence-corrected chi connectivity index (χ0v) is 11.4. The van der Waals surface area contributed by atoms with Gasteiger partial charge in [0.15, 0.2) is 0 Å². The van der Waals surface area contributed by atoms with Gasteiger partial charge in [-0.3, -0.25) is 0 Å². The maximum absolute atomic E-state index is 10.8. The van der Waals surface area contributed by atoms with Crippen LogP contribution in [-0.4, -0.2) is 76.2 Å². The zero-order chi connectivity index (χ0) is 14.0. The van der Waals surface area contributed by atoms with Crippen molar-refractivity contribution in [2.24, 2.45) is 10.2 Å². The number of urea groups is 2. The second-order valence-corrected chi connectivity index (χ2v) is 4.05. The molecule has 1 saturated heterocycles. The number of hydrogen-bond acceptors (Lipinski definition) is 4. The normalized spacial score (nSPS) is 14.7. The summed E-state index contributed by atoms with van der Waals surface area (Å²) < 4.78 is 0. The van der Waals surface area contributed by atoms with Crippen LogP contribution in [0.15, 0.2) is 10.2 Å². The van der Waals surface area contributed by atoms with E-state index in [-0.39, 0.29) is 0 Å². The second kappa shape index (κ2) is 9.49. The summed E-state index contributed by atoms with van der Waals surface area (Å²) in [5.74, 6) is 0. The Hall–Kier alpha value is -1.54. The number of carbonyl (C=O) groups is 2. The van der Waals surface area contributed by atoms with E-state index in [0.717, 1.165) is 26.2 Å². The molecule has 1 aliphatic rings. The van der Waals surface area contributed by atoms with Gasteiger partial charge in [0.25, 0.3) is 0 Å². The molecule has 0 saturated carbocycles. The zero-order valence-electron chi connectivity index (χ0n) is 11.4. The molecule has 1 rings (SSSR count). The number of nitrogens with one attached hydrogen (secondary N) is 2. The van der Waals surface area contributed by atoms with Gasteiger partial charge in [-0.25, -0.2) is 9.59 Å². The summed E-state index contributed by atoms with van der Waals surface area (Å²) in [6.07, 6.45) is 0. The fourth-order valence-corrected chi connectivity index (χ4v) is 0.868. The standard InChI is InChI=1S/C6H12N4O2.C4H10N2/c1-9(2)5(11)7-8-6(12)10(3)4;1-2-6-4-3-5-1/h1-4H3;5-6H,1-4H2. The SMILES string of the molecule is C1CNCCN1.CN(C)C(=O)N=NC(=O)N(C)C. The predicted octanol–water partition coefficient (Wildman–Crippen LogP) is -0.0190. The molecule has 0 radical (unpaired) electrons. The van der Waals surface area contributed by atoms with Crippen LogP contribution in [0.5, 0.6) is 0 Å². The van der Waals surface area contributed by atoms with E-state index in [9.17, 15) is 9.59 Å². The van der Waals surface area contributed by atoms with Crippen molar-refractivity contribution in [3.05, 3.63) is 0 Å². The Bertz CT molecular complexity index is 253. The van der Waals surface area contributed by atoms with Crippen molar-refractivity contribution < 1.29 is 9.59 Å². The van der Waals surface area contributed by atoms with Crippen LogP contribution in [0.25, 0.3) is 0 Å². The summed E-state index contributed by atoms with van der Waals surface area (Å²) in [4.78, 5) is 24.0. The molecule has 104 valence electrons. The monoisotopic (exact) mass is 258 g/mol. The molecule has 18 heavy (non-hydrogen) atoms. The molecule has 1 aliphatic heterocycles. The molecule has 0 aromatic carbocycles. The first-order valence-electron chi connectivity index (χ1n) is 5.71. The Morgan fingerprint density at radius 2 is 1.06 bits per heavy atom. The van der Waals surface area contributed by atoms with Crippen LogP contribution < -0.4 is 10.6 Å². The number of azo groups is 1. The fourth-order valence-electron chi connectivity index (χ4n) is 0.868. The van der Waals surface area contributed by atoms with Gasteiger partial charge in [0.1, 0.15) is 0 Å². The van der Waals surface area contributed by atoms with Crippen molar-refractivity contribution in [1.29, 1.82) is 0 Å². The summed E-state index contributed by atoms with van der Waals surface area (Å²) >= 11 is 0. The van der Waals surface area contributed by atoms with Gasteiger partial charge in [-0.1, -0.05) is 10.2 Å². The fraction of sp³-hybridized carbons (Fsp3) is 0.800. The number of amides is 4. The van der Waals surface area contributed by atoms with Crippen LogP contribution >= 0.6 is 0 Å². The van der Waals surface area contributed by atoms with Crippen LogP contribution in [0.2, 0.25) is 0 Å². The van der Waals surface area contributed by atoms with E-state index < -0.39 is 12.1 Å². The highest BCUT2D eigenvalue weighted by Gasteiger charge is 2.03. The number of carbonyl (C=O) groups excluding carboxylic acids is 2. The molecule has 0 bridgehead atoms. The van der Waals surface area contributed by atoms with Gasteiger partial charge in [0, 0.05) is 54.4 Å². The van der Waals surface area contributed by atoms with E-state index in [4.69, 9.17) is 0 Å². The molecule has 2 N–H and O–H groups in total. The third-order valence-electron chi connectivity index (χ3n) is 1.94. The predicted molar refractivity (Wildman–Crippen MR) is 68.8 cm³/mol. The molecule has 0 aliphatic carbocycles. The smallest absolute Gasteiger partial charge is 0.328 e. The first-order valence-corrected chi connectivity index (χ1v) is 5.71. The highest BCUT2D eigenvalue weighted by molar-refractivity contribution is 5.79. The van der Waals surface area contributed by atoms with Crippen LogP contribution in [0.4, 0.5) is 9.59 Å². The minimum atomic E-state index is -0.551. The highest BCUT2D eigenvalue weighted by Crippen LogP contribution is 1.89. The Labute approximate surface area is 107 Å². The molecule has 0 aromatic heterocycles. The minimum Gasteiger partial charge on any atom is -0.328 e. The lowest BCUT2D eigenvalue weighted by atomic mass is 10.4. The molecule has 8 nitrogen and oxygen atoms in total. The van der Waals surface area contributed by atoms with Gasteiger partial charge >= 0.3 is 12.1 Å². The summed E-state index contributed by atoms with van der Waals surface area (Å²) in [6, 6.07) is -1.10. The Morgan fingerprint density at radius 3 is 1.22 bits per heavy atom. The molecule has 0 unspecified atom stereocenters. The number of rotatable bonds is 0. The number of nitrogens with zero attached hydrogens (tertiary/aromatic N) is 4. The van der Waals surface area contributed by atoms with Crippen molar-refractivity contribution >= 4 is 12.1 Å². The van der Waals surface area contributed by atoms with Crippen molar-refractivity contribution in [2.75, 3.05) is 54.4 Å². The van der Waals surface area contributed by atoms with Crippen molar-refractivity contribution in [3.8, 4) is 0 Å². The maximum atomic E-state index is 10.8. The van der Waals surface area contributed by atoms with E-state index in [1.165, 1.54) is 38.0 Å². The third kappa shape index (κ3) is 8.59. The first-order chi connectivity index (χ1) is 8.45. The van der Waals surface area contributed by atoms with Gasteiger partial charge in [0.2, 0.25) is 0 Å². The summed E-state index contributed by atoms with van der Waals surface area (Å²) in [6.45, 7) is 4.56. The Morgan fingerprint density at radius 1 is 0.778 bits per heavy atom. The summed E-state index contributed by atoms with van der Waals surface area (Å²) in [5, 5.41) is 12.8. The van der Waals surface area contributed by atoms with Gasteiger partial charge < -0.3 is 20.4 Å². The number of piperazine rings is 1. The van der Waals surface area contributed by atoms with Gasteiger partial charge in [-0.2, -0.15) is 0 Å². The molecule has 0 aromatic rings. The lowest BCUT2D eigenvalue weighted by Crippen LogP contribution is -2.39. The second-order valence-electron chi connectivity index (χ2n) is 4.05. The topological polar surface area (TPSA) is 89.4 Å². The molecule has 8 heteroatoms.